The van der Waals surface area contributed by atoms with Gasteiger partial charge in [-0.3, -0.25) is 9.36 Å². The number of esters is 1. The average molecular weight is 329 g/mol. The number of thioether (sulfide) groups is 1. The van der Waals surface area contributed by atoms with Crippen LogP contribution in [0.25, 0.3) is 0 Å². The molecule has 0 unspecified atom stereocenters. The molecule has 0 N–H and O–H groups in total. The van der Waals surface area contributed by atoms with Crippen molar-refractivity contribution in [3.8, 4) is 0 Å². The van der Waals surface area contributed by atoms with E-state index in [9.17, 15) is 4.79 Å². The monoisotopic (exact) mass is 328 g/mol. The molecule has 6 nitrogen and oxygen atoms in total. The van der Waals surface area contributed by atoms with E-state index in [1.807, 2.05) is 27.2 Å². The third-order valence-corrected chi connectivity index (χ3v) is 4.63. The predicted octanol–water partition coefficient (Wildman–Crippen LogP) is 2.44. The van der Waals surface area contributed by atoms with Gasteiger partial charge in [0, 0.05) is 23.9 Å². The van der Waals surface area contributed by atoms with Crippen LogP contribution in [-0.2, 0) is 18.3 Å². The first-order valence-corrected chi connectivity index (χ1v) is 7.88. The summed E-state index contributed by atoms with van der Waals surface area (Å²) in [6.45, 7) is 4.23. The molecule has 2 rings (SSSR count). The Kier molecular flexibility index (Phi) is 4.63. The Labute approximate surface area is 132 Å². The molecular formula is C13H17ClN4O2S. The summed E-state index contributed by atoms with van der Waals surface area (Å²) in [6, 6.07) is 0. The quantitative estimate of drug-likeness (QED) is 0.637. The van der Waals surface area contributed by atoms with Crippen LogP contribution in [0.3, 0.4) is 0 Å². The summed E-state index contributed by atoms with van der Waals surface area (Å²) in [6.07, 6.45) is 1.97. The van der Waals surface area contributed by atoms with Crippen LogP contribution in [0.15, 0.2) is 5.03 Å². The van der Waals surface area contributed by atoms with Gasteiger partial charge in [0.25, 0.3) is 0 Å². The minimum atomic E-state index is -0.434. The Morgan fingerprint density at radius 3 is 2.62 bits per heavy atom. The van der Waals surface area contributed by atoms with E-state index in [1.54, 1.807) is 21.1 Å². The van der Waals surface area contributed by atoms with Crippen LogP contribution in [0.4, 0.5) is 0 Å². The minimum Gasteiger partial charge on any atom is -0.464 e. The zero-order valence-electron chi connectivity index (χ0n) is 12.6. The SMILES string of the molecule is COC(=O)c1nn(Cc2c(Cl)nn(C)c2SC)c(C)c1C. The third kappa shape index (κ3) is 2.80. The summed E-state index contributed by atoms with van der Waals surface area (Å²) in [5, 5.41) is 9.99. The molecule has 0 atom stereocenters. The van der Waals surface area contributed by atoms with Crippen molar-refractivity contribution in [3.05, 3.63) is 27.7 Å². The Morgan fingerprint density at radius 1 is 1.38 bits per heavy atom. The standard InChI is InChI=1S/C13H17ClN4O2S/c1-7-8(2)18(15-10(7)13(19)20-4)6-9-11(14)16-17(3)12(9)21-5/h6H2,1-5H3. The van der Waals surface area contributed by atoms with E-state index < -0.39 is 5.97 Å². The molecule has 2 aromatic heterocycles. The van der Waals surface area contributed by atoms with Gasteiger partial charge in [0.2, 0.25) is 0 Å². The molecule has 0 bridgehead atoms. The van der Waals surface area contributed by atoms with E-state index in [-0.39, 0.29) is 0 Å². The van der Waals surface area contributed by atoms with Crippen molar-refractivity contribution >= 4 is 29.3 Å². The van der Waals surface area contributed by atoms with Gasteiger partial charge in [0.15, 0.2) is 10.8 Å². The minimum absolute atomic E-state index is 0.334. The normalized spacial score (nSPS) is 11.0. The van der Waals surface area contributed by atoms with Gasteiger partial charge in [-0.25, -0.2) is 4.79 Å². The number of carbonyl (C=O) groups excluding carboxylic acids is 1. The number of hydrogen-bond donors (Lipinski definition) is 0. The molecule has 0 aliphatic heterocycles. The van der Waals surface area contributed by atoms with E-state index in [0.29, 0.717) is 17.4 Å². The van der Waals surface area contributed by atoms with Gasteiger partial charge in [-0.15, -0.1) is 11.8 Å². The second-order valence-corrected chi connectivity index (χ2v) is 5.76. The molecule has 0 amide bonds. The Morgan fingerprint density at radius 2 is 2.05 bits per heavy atom. The van der Waals surface area contributed by atoms with Crippen LogP contribution >= 0.6 is 23.4 Å². The highest BCUT2D eigenvalue weighted by Crippen LogP contribution is 2.28. The van der Waals surface area contributed by atoms with Gasteiger partial charge in [0.05, 0.1) is 13.7 Å². The highest BCUT2D eigenvalue weighted by atomic mass is 35.5. The van der Waals surface area contributed by atoms with E-state index in [1.165, 1.54) is 7.11 Å². The van der Waals surface area contributed by atoms with Gasteiger partial charge >= 0.3 is 5.97 Å². The fraction of sp³-hybridized carbons (Fsp3) is 0.462. The Balaban J connectivity index is 2.43. The summed E-state index contributed by atoms with van der Waals surface area (Å²) >= 11 is 7.76. The van der Waals surface area contributed by atoms with Crippen LogP contribution in [0.1, 0.15) is 27.3 Å². The molecule has 0 aromatic carbocycles. The van der Waals surface area contributed by atoms with Crippen LogP contribution < -0.4 is 0 Å². The van der Waals surface area contributed by atoms with Crippen molar-refractivity contribution in [2.45, 2.75) is 25.4 Å². The average Bonchev–Trinajstić information content (AvgIpc) is 2.89. The molecule has 0 aliphatic rings. The van der Waals surface area contributed by atoms with Gasteiger partial charge < -0.3 is 4.74 Å². The molecule has 0 fully saturated rings. The molecular weight excluding hydrogens is 312 g/mol. The molecule has 21 heavy (non-hydrogen) atoms. The number of aryl methyl sites for hydroxylation is 1. The van der Waals surface area contributed by atoms with Crippen molar-refractivity contribution in [3.63, 3.8) is 0 Å². The lowest BCUT2D eigenvalue weighted by Crippen LogP contribution is -2.08. The van der Waals surface area contributed by atoms with Gasteiger partial charge in [-0.1, -0.05) is 11.6 Å². The molecule has 0 radical (unpaired) electrons. The number of carbonyl (C=O) groups is 1. The number of halogens is 1. The number of ether oxygens (including phenoxy) is 1. The second-order valence-electron chi connectivity index (χ2n) is 4.61. The van der Waals surface area contributed by atoms with Crippen LogP contribution in [0.2, 0.25) is 5.15 Å². The molecule has 2 heterocycles. The summed E-state index contributed by atoms with van der Waals surface area (Å²) in [7, 11) is 3.20. The van der Waals surface area contributed by atoms with Gasteiger partial charge in [0.1, 0.15) is 5.03 Å². The van der Waals surface area contributed by atoms with Crippen molar-refractivity contribution in [1.29, 1.82) is 0 Å². The maximum Gasteiger partial charge on any atom is 0.358 e. The maximum absolute atomic E-state index is 11.7. The maximum atomic E-state index is 11.7. The Bertz CT molecular complexity index is 693. The first-order chi connectivity index (χ1) is 9.90. The lowest BCUT2D eigenvalue weighted by molar-refractivity contribution is 0.0592. The molecule has 8 heteroatoms. The van der Waals surface area contributed by atoms with Crippen molar-refractivity contribution in [2.75, 3.05) is 13.4 Å². The van der Waals surface area contributed by atoms with E-state index in [4.69, 9.17) is 16.3 Å². The lowest BCUT2D eigenvalue weighted by atomic mass is 10.2. The van der Waals surface area contributed by atoms with Crippen LogP contribution in [0.5, 0.6) is 0 Å². The van der Waals surface area contributed by atoms with E-state index in [0.717, 1.165) is 21.8 Å². The number of methoxy groups -OCH3 is 1. The van der Waals surface area contributed by atoms with Gasteiger partial charge in [-0.05, 0) is 20.1 Å². The largest absolute Gasteiger partial charge is 0.464 e. The number of hydrogen-bond acceptors (Lipinski definition) is 5. The lowest BCUT2D eigenvalue weighted by Gasteiger charge is -2.06. The summed E-state index contributed by atoms with van der Waals surface area (Å²) in [5.41, 5.74) is 2.95. The smallest absolute Gasteiger partial charge is 0.358 e. The third-order valence-electron chi connectivity index (χ3n) is 3.42. The second kappa shape index (κ2) is 6.11. The molecule has 114 valence electrons. The van der Waals surface area contributed by atoms with Gasteiger partial charge in [-0.2, -0.15) is 10.2 Å². The molecule has 0 aliphatic carbocycles. The summed E-state index contributed by atoms with van der Waals surface area (Å²) in [4.78, 5) is 11.7. The number of nitrogens with zero attached hydrogens (tertiary/aromatic N) is 4. The zero-order valence-corrected chi connectivity index (χ0v) is 14.2. The van der Waals surface area contributed by atoms with E-state index in [2.05, 4.69) is 10.2 Å². The summed E-state index contributed by atoms with van der Waals surface area (Å²) in [5.74, 6) is -0.434. The highest BCUT2D eigenvalue weighted by molar-refractivity contribution is 7.98. The highest BCUT2D eigenvalue weighted by Gasteiger charge is 2.21. The number of aromatic nitrogens is 4. The first kappa shape index (κ1) is 15.9. The Hall–Kier alpha value is -1.47. The molecule has 0 saturated heterocycles. The topological polar surface area (TPSA) is 61.9 Å². The summed E-state index contributed by atoms with van der Waals surface area (Å²) < 4.78 is 8.25. The van der Waals surface area contributed by atoms with Crippen molar-refractivity contribution in [1.82, 2.24) is 19.6 Å². The predicted molar refractivity (Wildman–Crippen MR) is 82.1 cm³/mol. The molecule has 2 aromatic rings. The van der Waals surface area contributed by atoms with Crippen LogP contribution in [0, 0.1) is 13.8 Å². The van der Waals surface area contributed by atoms with Crippen LogP contribution in [-0.4, -0.2) is 38.9 Å². The fourth-order valence-electron chi connectivity index (χ4n) is 2.14. The first-order valence-electron chi connectivity index (χ1n) is 6.28. The van der Waals surface area contributed by atoms with E-state index >= 15 is 0 Å². The number of rotatable bonds is 4. The fourth-order valence-corrected chi connectivity index (χ4v) is 3.17. The zero-order chi connectivity index (χ0) is 15.7. The van der Waals surface area contributed by atoms with Crippen molar-refractivity contribution < 1.29 is 9.53 Å². The van der Waals surface area contributed by atoms with Crippen molar-refractivity contribution in [2.24, 2.45) is 7.05 Å². The molecule has 0 spiro atoms. The molecule has 0 saturated carbocycles.